The zero-order chi connectivity index (χ0) is 27.5. The zero-order valence-corrected chi connectivity index (χ0v) is 30.1. The van der Waals surface area contributed by atoms with Crippen molar-refractivity contribution in [3.05, 3.63) is 157 Å². The second kappa shape index (κ2) is 15.5. The van der Waals surface area contributed by atoms with Gasteiger partial charge >= 0.3 is 0 Å². The molecule has 5 aromatic rings. The quantitative estimate of drug-likeness (QED) is 0.112. The van der Waals surface area contributed by atoms with Crippen molar-refractivity contribution in [2.24, 2.45) is 0 Å². The van der Waals surface area contributed by atoms with Crippen LogP contribution in [0.2, 0.25) is 0 Å². The normalized spacial score (nSPS) is 11.5. The summed E-state index contributed by atoms with van der Waals surface area (Å²) in [4.78, 5) is 0. The van der Waals surface area contributed by atoms with Crippen LogP contribution in [-0.2, 0) is 25.8 Å². The predicted octanol–water partition coefficient (Wildman–Crippen LogP) is 12.2. The predicted molar refractivity (Wildman–Crippen MR) is 180 cm³/mol. The van der Waals surface area contributed by atoms with E-state index in [1.54, 1.807) is 0 Å². The van der Waals surface area contributed by atoms with Crippen LogP contribution < -0.4 is 0 Å². The van der Waals surface area contributed by atoms with Crippen molar-refractivity contribution < 1.29 is 25.8 Å². The summed E-state index contributed by atoms with van der Waals surface area (Å²) in [6, 6.07) is 41.8. The Hall–Kier alpha value is -2.97. The fourth-order valence-electron chi connectivity index (χ4n) is 5.38. The number of hydrogen-bond donors (Lipinski definition) is 0. The molecule has 42 heavy (non-hydrogen) atoms. The fourth-order valence-corrected chi connectivity index (χ4v) is 5.38. The zero-order valence-electron chi connectivity index (χ0n) is 26.5. The van der Waals surface area contributed by atoms with Crippen molar-refractivity contribution >= 4 is 16.5 Å². The van der Waals surface area contributed by atoms with Crippen LogP contribution in [0.25, 0.3) is 27.2 Å². The fraction of sp³-hybridized carbons (Fsp3) is 0.250. The van der Waals surface area contributed by atoms with Gasteiger partial charge in [-0.2, -0.15) is 35.9 Å². The van der Waals surface area contributed by atoms with Gasteiger partial charge in [0, 0.05) is 25.8 Å². The van der Waals surface area contributed by atoms with Gasteiger partial charge in [0.2, 0.25) is 0 Å². The summed E-state index contributed by atoms with van der Waals surface area (Å²) in [6.45, 7) is 13.5. The summed E-state index contributed by atoms with van der Waals surface area (Å²) < 4.78 is 0. The Balaban J connectivity index is 0.00000205. The van der Waals surface area contributed by atoms with Gasteiger partial charge in [0.1, 0.15) is 0 Å². The van der Waals surface area contributed by atoms with Crippen molar-refractivity contribution in [3.8, 4) is 11.1 Å². The first-order valence-electron chi connectivity index (χ1n) is 14.2. The first-order valence-corrected chi connectivity index (χ1v) is 14.2. The largest absolute Gasteiger partial charge is 0.675 e. The summed E-state index contributed by atoms with van der Waals surface area (Å²) >= 11 is 0. The molecule has 1 nitrogen and oxygen atoms in total. The smallest absolute Gasteiger partial charge is 0 e. The minimum atomic E-state index is -0.170. The Kier molecular flexibility index (Phi) is 13.0. The molecule has 0 bridgehead atoms. The number of nitrogens with zero attached hydrogens (tertiary/aromatic N) is 1. The summed E-state index contributed by atoms with van der Waals surface area (Å²) in [5, 5.41) is 8.00. The van der Waals surface area contributed by atoms with E-state index in [1.165, 1.54) is 33.0 Å². The molecule has 2 heteroatoms. The van der Waals surface area contributed by atoms with Crippen molar-refractivity contribution in [1.29, 1.82) is 0 Å². The molecule has 0 saturated carbocycles. The van der Waals surface area contributed by atoms with Crippen LogP contribution in [0.5, 0.6) is 0 Å². The molecule has 0 spiro atoms. The molecule has 0 fully saturated rings. The maximum atomic E-state index is 5.60. The maximum absolute atomic E-state index is 5.60. The van der Waals surface area contributed by atoms with E-state index in [4.69, 9.17) is 5.32 Å². The number of rotatable bonds is 8. The molecule has 0 N–H and O–H groups in total. The topological polar surface area (TPSA) is 14.1 Å². The Morgan fingerprint density at radius 3 is 1.90 bits per heavy atom. The van der Waals surface area contributed by atoms with Crippen molar-refractivity contribution in [2.75, 3.05) is 0 Å². The van der Waals surface area contributed by atoms with Crippen LogP contribution in [0.3, 0.4) is 0 Å². The molecule has 0 aliphatic carbocycles. The van der Waals surface area contributed by atoms with Gasteiger partial charge < -0.3 is 20.2 Å². The summed E-state index contributed by atoms with van der Waals surface area (Å²) in [5.41, 5.74) is 9.44. The van der Waals surface area contributed by atoms with Gasteiger partial charge in [0.15, 0.2) is 0 Å². The van der Waals surface area contributed by atoms with Gasteiger partial charge in [-0.25, -0.2) is 11.1 Å². The SMILES string of the molecule is CC(C)c1cccc(C([N-]c2c(C(C)C)cccc2C(C)C)c2[c-]c(-c3[c-]ccc4ccccc34)ccc2)c1.[CH3-].[CH3-].[Hf]. The van der Waals surface area contributed by atoms with Crippen LogP contribution in [-0.4, -0.2) is 0 Å². The second-order valence-corrected chi connectivity index (χ2v) is 11.4. The second-order valence-electron chi connectivity index (χ2n) is 11.4. The number of benzene rings is 5. The third kappa shape index (κ3) is 7.51. The monoisotopic (exact) mass is 718 g/mol. The Bertz CT molecular complexity index is 1550. The van der Waals surface area contributed by atoms with E-state index in [2.05, 4.69) is 145 Å². The van der Waals surface area contributed by atoms with Crippen LogP contribution in [0, 0.1) is 27.0 Å². The third-order valence-corrected chi connectivity index (χ3v) is 7.60. The third-order valence-electron chi connectivity index (χ3n) is 7.60. The van der Waals surface area contributed by atoms with E-state index in [0.717, 1.165) is 22.4 Å². The number of fused-ring (bicyclic) bond motifs is 1. The van der Waals surface area contributed by atoms with E-state index >= 15 is 0 Å². The van der Waals surface area contributed by atoms with Crippen molar-refractivity contribution in [3.63, 3.8) is 0 Å². The van der Waals surface area contributed by atoms with Crippen LogP contribution >= 0.6 is 0 Å². The van der Waals surface area contributed by atoms with Gasteiger partial charge in [-0.3, -0.25) is 0 Å². The summed E-state index contributed by atoms with van der Waals surface area (Å²) in [6.07, 6.45) is 0. The molecule has 1 atom stereocenters. The Labute approximate surface area is 274 Å². The van der Waals surface area contributed by atoms with Gasteiger partial charge in [0.25, 0.3) is 0 Å². The number of hydrogen-bond acceptors (Lipinski definition) is 0. The van der Waals surface area contributed by atoms with Gasteiger partial charge in [-0.15, -0.1) is 34.7 Å². The first kappa shape index (κ1) is 35.2. The number of para-hydroxylation sites is 1. The van der Waals surface area contributed by atoms with Crippen LogP contribution in [0.15, 0.2) is 97.1 Å². The maximum Gasteiger partial charge on any atom is 0 e. The van der Waals surface area contributed by atoms with E-state index in [1.807, 2.05) is 6.07 Å². The van der Waals surface area contributed by atoms with E-state index < -0.39 is 0 Å². The molecule has 0 heterocycles. The average Bonchev–Trinajstić information content (AvgIpc) is 2.95. The minimum absolute atomic E-state index is 0. The molecule has 0 aliphatic heterocycles. The van der Waals surface area contributed by atoms with Crippen LogP contribution in [0.4, 0.5) is 5.69 Å². The van der Waals surface area contributed by atoms with E-state index in [-0.39, 0.29) is 46.7 Å². The first-order chi connectivity index (χ1) is 18.8. The Morgan fingerprint density at radius 2 is 1.24 bits per heavy atom. The summed E-state index contributed by atoms with van der Waals surface area (Å²) in [5.74, 6) is 1.21. The molecule has 0 aromatic heterocycles. The average molecular weight is 717 g/mol. The van der Waals surface area contributed by atoms with Crippen LogP contribution in [0.1, 0.15) is 93.2 Å². The van der Waals surface area contributed by atoms with Gasteiger partial charge in [0.05, 0.1) is 0 Å². The Morgan fingerprint density at radius 1 is 0.619 bits per heavy atom. The minimum Gasteiger partial charge on any atom is -0.675 e. The van der Waals surface area contributed by atoms with Gasteiger partial charge in [-0.05, 0) is 23.3 Å². The van der Waals surface area contributed by atoms with Crippen molar-refractivity contribution in [1.82, 2.24) is 0 Å². The molecule has 0 amide bonds. The molecular weight excluding hydrogens is 673 g/mol. The van der Waals surface area contributed by atoms with Gasteiger partial charge in [-0.1, -0.05) is 125 Å². The molecule has 0 saturated heterocycles. The molecule has 0 aliphatic rings. The molecule has 0 radical (unpaired) electrons. The molecular formula is C40H44HfN-5. The standard InChI is InChI=1S/C38H38N.2CH3.Hf/c1-25(2)29-15-9-17-31(23-29)37(39-38-33(26(3)4)20-12-21-34(38)27(5)6)32-18-10-16-30(24-32)36-22-11-14-28-13-7-8-19-35(28)36;;;/h7-21,23,25-27,37H,1-6H3;2*1H3;/q-3;2*-1;. The molecule has 218 valence electrons. The molecule has 1 unspecified atom stereocenters. The molecule has 5 rings (SSSR count). The van der Waals surface area contributed by atoms with Crippen molar-refractivity contribution in [2.45, 2.75) is 65.3 Å². The van der Waals surface area contributed by atoms with E-state index in [9.17, 15) is 0 Å². The molecule has 5 aromatic carbocycles. The van der Waals surface area contributed by atoms with E-state index in [0.29, 0.717) is 17.8 Å². The summed E-state index contributed by atoms with van der Waals surface area (Å²) in [7, 11) is 0.